The van der Waals surface area contributed by atoms with Crippen LogP contribution in [0.4, 0.5) is 5.82 Å². The Kier molecular flexibility index (Phi) is 3.07. The Bertz CT molecular complexity index is 577. The second-order valence-corrected chi connectivity index (χ2v) is 7.92. The van der Waals surface area contributed by atoms with Crippen molar-refractivity contribution < 1.29 is 0 Å². The molecule has 0 aromatic carbocycles. The Morgan fingerprint density at radius 2 is 1.86 bits per heavy atom. The maximum absolute atomic E-state index is 11.6. The number of aromatic amines is 1. The highest BCUT2D eigenvalue weighted by atomic mass is 35.5. The zero-order chi connectivity index (χ0) is 14.6. The van der Waals surface area contributed by atoms with Gasteiger partial charge in [-0.05, 0) is 68.6 Å². The van der Waals surface area contributed by atoms with Crippen LogP contribution in [0.25, 0.3) is 0 Å². The molecule has 2 N–H and O–H groups in total. The number of nitrogens with zero attached hydrogens (tertiary/aromatic N) is 1. The van der Waals surface area contributed by atoms with Crippen molar-refractivity contribution in [2.75, 3.05) is 5.32 Å². The van der Waals surface area contributed by atoms with Crippen LogP contribution < -0.4 is 10.9 Å². The molecular formula is C16H22ClN3O. The second-order valence-electron chi connectivity index (χ2n) is 7.54. The van der Waals surface area contributed by atoms with Crippen LogP contribution in [0.15, 0.2) is 11.1 Å². The standard InChI is InChI=1S/C16H22ClN3O/c1-9(20-14-13(17)15(21)19-8-18-14)16-5-10-2-11(6-16)4-12(3-10)7-16/h8-12H,2-7H2,1H3,(H2,18,19,20,21). The Balaban J connectivity index is 1.59. The summed E-state index contributed by atoms with van der Waals surface area (Å²) in [6.07, 6.45) is 9.72. The molecule has 1 unspecified atom stereocenters. The predicted octanol–water partition coefficient (Wildman–Crippen LogP) is 3.44. The summed E-state index contributed by atoms with van der Waals surface area (Å²) in [4.78, 5) is 18.3. The van der Waals surface area contributed by atoms with E-state index in [1.54, 1.807) is 0 Å². The summed E-state index contributed by atoms with van der Waals surface area (Å²) in [5.74, 6) is 3.29. The molecule has 1 atom stereocenters. The molecule has 4 aliphatic carbocycles. The largest absolute Gasteiger partial charge is 0.366 e. The van der Waals surface area contributed by atoms with E-state index in [-0.39, 0.29) is 10.6 Å². The van der Waals surface area contributed by atoms with Gasteiger partial charge in [-0.3, -0.25) is 4.79 Å². The summed E-state index contributed by atoms with van der Waals surface area (Å²) < 4.78 is 0. The molecule has 4 saturated carbocycles. The van der Waals surface area contributed by atoms with Gasteiger partial charge in [0, 0.05) is 6.04 Å². The molecule has 4 fully saturated rings. The van der Waals surface area contributed by atoms with Crippen LogP contribution >= 0.6 is 11.6 Å². The zero-order valence-electron chi connectivity index (χ0n) is 12.4. The highest BCUT2D eigenvalue weighted by Gasteiger charge is 2.53. The number of anilines is 1. The number of H-pyrrole nitrogens is 1. The maximum Gasteiger partial charge on any atom is 0.271 e. The summed E-state index contributed by atoms with van der Waals surface area (Å²) in [6.45, 7) is 2.24. The molecule has 1 heterocycles. The Morgan fingerprint density at radius 3 is 2.43 bits per heavy atom. The lowest BCUT2D eigenvalue weighted by molar-refractivity contribution is -0.0603. The van der Waals surface area contributed by atoms with Gasteiger partial charge in [-0.15, -0.1) is 0 Å². The lowest BCUT2D eigenvalue weighted by atomic mass is 9.48. The zero-order valence-corrected chi connectivity index (χ0v) is 13.1. The quantitative estimate of drug-likeness (QED) is 0.899. The lowest BCUT2D eigenvalue weighted by Crippen LogP contribution is -2.53. The fourth-order valence-corrected chi connectivity index (χ4v) is 5.71. The SMILES string of the molecule is CC(Nc1nc[nH]c(=O)c1Cl)C12CC3CC(CC(C3)C1)C2. The summed E-state index contributed by atoms with van der Waals surface area (Å²) in [5.41, 5.74) is 0.106. The Hall–Kier alpha value is -1.03. The smallest absolute Gasteiger partial charge is 0.271 e. The molecule has 0 aliphatic heterocycles. The van der Waals surface area contributed by atoms with Gasteiger partial charge < -0.3 is 10.3 Å². The van der Waals surface area contributed by atoms with Gasteiger partial charge in [-0.2, -0.15) is 0 Å². The van der Waals surface area contributed by atoms with E-state index >= 15 is 0 Å². The normalized spacial score (nSPS) is 38.5. The van der Waals surface area contributed by atoms with Gasteiger partial charge in [-0.1, -0.05) is 11.6 Å². The van der Waals surface area contributed by atoms with E-state index in [4.69, 9.17) is 11.6 Å². The molecule has 114 valence electrons. The first kappa shape index (κ1) is 13.6. The Labute approximate surface area is 129 Å². The molecule has 21 heavy (non-hydrogen) atoms. The van der Waals surface area contributed by atoms with Crippen molar-refractivity contribution >= 4 is 17.4 Å². The lowest BCUT2D eigenvalue weighted by Gasteiger charge is -2.59. The van der Waals surface area contributed by atoms with Crippen molar-refractivity contribution in [3.05, 3.63) is 21.7 Å². The van der Waals surface area contributed by atoms with Crippen molar-refractivity contribution in [2.24, 2.45) is 23.2 Å². The monoisotopic (exact) mass is 307 g/mol. The van der Waals surface area contributed by atoms with E-state index in [0.717, 1.165) is 17.8 Å². The van der Waals surface area contributed by atoms with Crippen molar-refractivity contribution in [1.82, 2.24) is 9.97 Å². The number of rotatable bonds is 3. The molecule has 0 saturated heterocycles. The molecule has 0 radical (unpaired) electrons. The van der Waals surface area contributed by atoms with E-state index in [2.05, 4.69) is 22.2 Å². The number of halogens is 1. The highest BCUT2D eigenvalue weighted by Crippen LogP contribution is 2.61. The van der Waals surface area contributed by atoms with Crippen LogP contribution in [0.5, 0.6) is 0 Å². The summed E-state index contributed by atoms with van der Waals surface area (Å²) >= 11 is 6.08. The first-order valence-corrected chi connectivity index (χ1v) is 8.43. The van der Waals surface area contributed by atoms with Gasteiger partial charge in [0.1, 0.15) is 5.02 Å². The van der Waals surface area contributed by atoms with E-state index in [1.807, 2.05) is 0 Å². The van der Waals surface area contributed by atoms with Crippen molar-refractivity contribution in [1.29, 1.82) is 0 Å². The average molecular weight is 308 g/mol. The van der Waals surface area contributed by atoms with Gasteiger partial charge in [-0.25, -0.2) is 4.98 Å². The molecule has 0 amide bonds. The third kappa shape index (κ3) is 2.19. The van der Waals surface area contributed by atoms with Gasteiger partial charge in [0.05, 0.1) is 6.33 Å². The molecule has 5 rings (SSSR count). The van der Waals surface area contributed by atoms with Crippen LogP contribution in [0, 0.1) is 23.2 Å². The minimum Gasteiger partial charge on any atom is -0.366 e. The third-order valence-electron chi connectivity index (χ3n) is 6.15. The molecule has 1 aromatic rings. The topological polar surface area (TPSA) is 57.8 Å². The van der Waals surface area contributed by atoms with Crippen LogP contribution in [0.2, 0.25) is 5.02 Å². The predicted molar refractivity (Wildman–Crippen MR) is 83.6 cm³/mol. The van der Waals surface area contributed by atoms with Crippen LogP contribution in [-0.2, 0) is 0 Å². The second kappa shape index (κ2) is 4.73. The summed E-state index contributed by atoms with van der Waals surface area (Å²) in [5, 5.41) is 3.62. The number of hydrogen-bond acceptors (Lipinski definition) is 3. The molecule has 0 spiro atoms. The first-order chi connectivity index (χ1) is 10.1. The van der Waals surface area contributed by atoms with E-state index in [1.165, 1.54) is 44.9 Å². The van der Waals surface area contributed by atoms with Gasteiger partial charge in [0.25, 0.3) is 5.56 Å². The Morgan fingerprint density at radius 1 is 1.29 bits per heavy atom. The van der Waals surface area contributed by atoms with Crippen molar-refractivity contribution in [3.8, 4) is 0 Å². The third-order valence-corrected chi connectivity index (χ3v) is 6.50. The van der Waals surface area contributed by atoms with E-state index in [0.29, 0.717) is 17.3 Å². The minimum absolute atomic E-state index is 0.175. The number of hydrogen-bond donors (Lipinski definition) is 2. The molecule has 4 nitrogen and oxygen atoms in total. The highest BCUT2D eigenvalue weighted by molar-refractivity contribution is 6.32. The van der Waals surface area contributed by atoms with Crippen LogP contribution in [-0.4, -0.2) is 16.0 Å². The maximum atomic E-state index is 11.6. The number of aromatic nitrogens is 2. The fraction of sp³-hybridized carbons (Fsp3) is 0.750. The molecule has 1 aromatic heterocycles. The van der Waals surface area contributed by atoms with Crippen LogP contribution in [0.1, 0.15) is 45.4 Å². The minimum atomic E-state index is -0.271. The van der Waals surface area contributed by atoms with Crippen molar-refractivity contribution in [2.45, 2.75) is 51.5 Å². The number of nitrogens with one attached hydrogen (secondary N) is 2. The van der Waals surface area contributed by atoms with Crippen LogP contribution in [0.3, 0.4) is 0 Å². The molecule has 4 bridgehead atoms. The fourth-order valence-electron chi connectivity index (χ4n) is 5.55. The van der Waals surface area contributed by atoms with Gasteiger partial charge >= 0.3 is 0 Å². The average Bonchev–Trinajstić information content (AvgIpc) is 2.42. The molecule has 5 heteroatoms. The van der Waals surface area contributed by atoms with E-state index in [9.17, 15) is 4.79 Å². The molecule has 4 aliphatic rings. The van der Waals surface area contributed by atoms with Crippen molar-refractivity contribution in [3.63, 3.8) is 0 Å². The summed E-state index contributed by atoms with van der Waals surface area (Å²) in [7, 11) is 0. The first-order valence-electron chi connectivity index (χ1n) is 8.05. The van der Waals surface area contributed by atoms with Gasteiger partial charge in [0.15, 0.2) is 5.82 Å². The van der Waals surface area contributed by atoms with E-state index < -0.39 is 0 Å². The van der Waals surface area contributed by atoms with Gasteiger partial charge in [0.2, 0.25) is 0 Å². The summed E-state index contributed by atoms with van der Waals surface area (Å²) in [6, 6.07) is 0.317. The molecular weight excluding hydrogens is 286 g/mol.